The lowest BCUT2D eigenvalue weighted by atomic mass is 9.71. The third-order valence-corrected chi connectivity index (χ3v) is 8.23. The first-order valence-corrected chi connectivity index (χ1v) is 15.7. The van der Waals surface area contributed by atoms with Crippen LogP contribution in [0.2, 0.25) is 0 Å². The molecule has 4 heteroatoms. The fourth-order valence-corrected chi connectivity index (χ4v) is 6.47. The maximum absolute atomic E-state index is 13.4. The first-order chi connectivity index (χ1) is 19.1. The Morgan fingerprint density at radius 1 is 1.00 bits per heavy atom. The molecule has 0 heterocycles. The molecule has 4 nitrogen and oxygen atoms in total. The summed E-state index contributed by atoms with van der Waals surface area (Å²) in [6, 6.07) is 4.28. The molecule has 0 spiro atoms. The predicted octanol–water partition coefficient (Wildman–Crippen LogP) is 8.71. The van der Waals surface area contributed by atoms with E-state index in [0.29, 0.717) is 12.8 Å². The SMILES string of the molecule is CCC.CCCC(=O)C1=CCC(Cc2ccc3c(c2C)C(=O)CC(CC(CCC)C(CC)C(=O)CC(C)=O)C3)=C1. The number of fused-ring (bicyclic) bond motifs is 1. The number of hydrogen-bond acceptors (Lipinski definition) is 4. The molecule has 3 unspecified atom stereocenters. The van der Waals surface area contributed by atoms with Crippen LogP contribution in [0, 0.1) is 24.7 Å². The Labute approximate surface area is 243 Å². The molecular formula is C36H52O4. The van der Waals surface area contributed by atoms with E-state index in [1.54, 1.807) is 0 Å². The molecule has 0 bridgehead atoms. The molecule has 0 N–H and O–H groups in total. The summed E-state index contributed by atoms with van der Waals surface area (Å²) in [6.07, 6.45) is 13.3. The second kappa shape index (κ2) is 16.6. The summed E-state index contributed by atoms with van der Waals surface area (Å²) in [5, 5.41) is 0. The second-order valence-corrected chi connectivity index (χ2v) is 11.9. The summed E-state index contributed by atoms with van der Waals surface area (Å²) < 4.78 is 0. The third kappa shape index (κ3) is 9.21. The van der Waals surface area contributed by atoms with Gasteiger partial charge in [-0.05, 0) is 80.9 Å². The van der Waals surface area contributed by atoms with Crippen LogP contribution in [0.3, 0.4) is 0 Å². The molecule has 0 radical (unpaired) electrons. The van der Waals surface area contributed by atoms with E-state index >= 15 is 0 Å². The first kappa shape index (κ1) is 33.6. The molecule has 0 aliphatic heterocycles. The summed E-state index contributed by atoms with van der Waals surface area (Å²) in [6.45, 7) is 14.0. The van der Waals surface area contributed by atoms with Crippen LogP contribution in [0.25, 0.3) is 0 Å². The van der Waals surface area contributed by atoms with E-state index in [2.05, 4.69) is 39.8 Å². The molecule has 220 valence electrons. The van der Waals surface area contributed by atoms with E-state index in [1.165, 1.54) is 24.5 Å². The van der Waals surface area contributed by atoms with Crippen molar-refractivity contribution in [2.24, 2.45) is 17.8 Å². The van der Waals surface area contributed by atoms with E-state index < -0.39 is 0 Å². The molecule has 0 fully saturated rings. The molecule has 3 atom stereocenters. The van der Waals surface area contributed by atoms with Crippen molar-refractivity contribution in [2.45, 2.75) is 126 Å². The van der Waals surface area contributed by atoms with Crippen molar-refractivity contribution in [2.75, 3.05) is 0 Å². The van der Waals surface area contributed by atoms with Gasteiger partial charge < -0.3 is 0 Å². The van der Waals surface area contributed by atoms with Gasteiger partial charge in [0.05, 0.1) is 6.42 Å². The fourth-order valence-electron chi connectivity index (χ4n) is 6.47. The van der Waals surface area contributed by atoms with Crippen molar-refractivity contribution in [3.8, 4) is 0 Å². The standard InChI is InChI=1S/C33H44O4.C3H8/c1-6-9-26(29(8-3)31(36)15-21(4)34)18-24-19-28-14-13-25(22(5)33(28)32(37)20-24)16-23-11-12-27(17-23)30(35)10-7-2;1-3-2/h12-14,17,24,26,29H,6-11,15-16,18-20H2,1-5H3;3H2,1-2H3. The van der Waals surface area contributed by atoms with Gasteiger partial charge in [-0.2, -0.15) is 0 Å². The Morgan fingerprint density at radius 3 is 2.30 bits per heavy atom. The summed E-state index contributed by atoms with van der Waals surface area (Å²) in [4.78, 5) is 50.0. The maximum atomic E-state index is 13.4. The number of carbonyl (C=O) groups is 4. The molecule has 0 saturated carbocycles. The molecule has 2 aliphatic rings. The van der Waals surface area contributed by atoms with Crippen molar-refractivity contribution in [3.63, 3.8) is 0 Å². The zero-order valence-corrected chi connectivity index (χ0v) is 26.2. The van der Waals surface area contributed by atoms with Crippen molar-refractivity contribution in [3.05, 3.63) is 57.7 Å². The molecule has 0 saturated heterocycles. The predicted molar refractivity (Wildman–Crippen MR) is 165 cm³/mol. The molecule has 2 aliphatic carbocycles. The van der Waals surface area contributed by atoms with Gasteiger partial charge in [0.1, 0.15) is 11.6 Å². The van der Waals surface area contributed by atoms with Crippen LogP contribution < -0.4 is 0 Å². The summed E-state index contributed by atoms with van der Waals surface area (Å²) >= 11 is 0. The van der Waals surface area contributed by atoms with E-state index in [9.17, 15) is 19.2 Å². The van der Waals surface area contributed by atoms with Crippen molar-refractivity contribution < 1.29 is 19.2 Å². The quantitative estimate of drug-likeness (QED) is 0.218. The van der Waals surface area contributed by atoms with Crippen LogP contribution in [0.15, 0.2) is 35.4 Å². The van der Waals surface area contributed by atoms with Crippen molar-refractivity contribution in [1.82, 2.24) is 0 Å². The Hall–Kier alpha value is -2.62. The molecular weight excluding hydrogens is 496 g/mol. The number of hydrogen-bond donors (Lipinski definition) is 0. The highest BCUT2D eigenvalue weighted by molar-refractivity contribution is 6.01. The van der Waals surface area contributed by atoms with E-state index in [0.717, 1.165) is 73.6 Å². The van der Waals surface area contributed by atoms with Gasteiger partial charge in [0.25, 0.3) is 0 Å². The van der Waals surface area contributed by atoms with E-state index in [1.807, 2.05) is 26.0 Å². The fraction of sp³-hybridized carbons (Fsp3) is 0.611. The number of carbonyl (C=O) groups excluding carboxylic acids is 4. The molecule has 1 aromatic carbocycles. The molecule has 0 aromatic heterocycles. The van der Waals surface area contributed by atoms with Gasteiger partial charge in [0.15, 0.2) is 11.6 Å². The van der Waals surface area contributed by atoms with Gasteiger partial charge in [-0.1, -0.05) is 83.7 Å². The minimum Gasteiger partial charge on any atom is -0.300 e. The van der Waals surface area contributed by atoms with Gasteiger partial charge >= 0.3 is 0 Å². The van der Waals surface area contributed by atoms with Crippen LogP contribution in [-0.4, -0.2) is 23.1 Å². The zero-order chi connectivity index (χ0) is 29.8. The maximum Gasteiger partial charge on any atom is 0.163 e. The summed E-state index contributed by atoms with van der Waals surface area (Å²) in [5.74, 6) is 0.762. The Bertz CT molecular complexity index is 1120. The number of ketones is 4. The van der Waals surface area contributed by atoms with E-state index in [-0.39, 0.29) is 47.3 Å². The Morgan fingerprint density at radius 2 is 1.70 bits per heavy atom. The zero-order valence-electron chi connectivity index (χ0n) is 26.2. The van der Waals surface area contributed by atoms with E-state index in [4.69, 9.17) is 0 Å². The smallest absolute Gasteiger partial charge is 0.163 e. The highest BCUT2D eigenvalue weighted by Crippen LogP contribution is 2.37. The summed E-state index contributed by atoms with van der Waals surface area (Å²) in [5.41, 5.74) is 6.31. The number of Topliss-reactive ketones (excluding diaryl/α,β-unsaturated/α-hetero) is 4. The van der Waals surface area contributed by atoms with Crippen molar-refractivity contribution in [1.29, 1.82) is 0 Å². The van der Waals surface area contributed by atoms with Gasteiger partial charge in [-0.3, -0.25) is 19.2 Å². The number of rotatable bonds is 14. The molecule has 40 heavy (non-hydrogen) atoms. The average molecular weight is 549 g/mol. The highest BCUT2D eigenvalue weighted by atomic mass is 16.1. The molecule has 0 amide bonds. The van der Waals surface area contributed by atoms with Gasteiger partial charge in [-0.15, -0.1) is 0 Å². The number of benzene rings is 1. The van der Waals surface area contributed by atoms with Crippen LogP contribution in [0.1, 0.15) is 133 Å². The van der Waals surface area contributed by atoms with Gasteiger partial charge in [-0.25, -0.2) is 0 Å². The molecule has 3 rings (SSSR count). The average Bonchev–Trinajstić information content (AvgIpc) is 3.35. The lowest BCUT2D eigenvalue weighted by Gasteiger charge is -2.32. The monoisotopic (exact) mass is 548 g/mol. The normalized spacial score (nSPS) is 17.7. The van der Waals surface area contributed by atoms with Crippen LogP contribution >= 0.6 is 0 Å². The lowest BCUT2D eigenvalue weighted by molar-refractivity contribution is -0.130. The van der Waals surface area contributed by atoms with Gasteiger partial charge in [0, 0.05) is 29.9 Å². The second-order valence-electron chi connectivity index (χ2n) is 11.9. The topological polar surface area (TPSA) is 68.3 Å². The van der Waals surface area contributed by atoms with Gasteiger partial charge in [0.2, 0.25) is 0 Å². The van der Waals surface area contributed by atoms with Crippen LogP contribution in [0.4, 0.5) is 0 Å². The first-order valence-electron chi connectivity index (χ1n) is 15.7. The Kier molecular flexibility index (Phi) is 13.9. The third-order valence-electron chi connectivity index (χ3n) is 8.23. The number of allylic oxidation sites excluding steroid dienone is 4. The highest BCUT2D eigenvalue weighted by Gasteiger charge is 2.33. The van der Waals surface area contributed by atoms with Crippen LogP contribution in [0.5, 0.6) is 0 Å². The largest absolute Gasteiger partial charge is 0.300 e. The van der Waals surface area contributed by atoms with Crippen LogP contribution in [-0.2, 0) is 27.2 Å². The molecule has 1 aromatic rings. The van der Waals surface area contributed by atoms with Crippen molar-refractivity contribution >= 4 is 23.1 Å². The minimum atomic E-state index is -0.105. The minimum absolute atomic E-state index is 0.0212. The summed E-state index contributed by atoms with van der Waals surface area (Å²) in [7, 11) is 0. The Balaban J connectivity index is 0.00000178. The lowest BCUT2D eigenvalue weighted by Crippen LogP contribution is -2.30.